The molecule has 0 atom stereocenters. The molecule has 0 saturated heterocycles. The molecule has 1 N–H and O–H groups in total. The van der Waals surface area contributed by atoms with Gasteiger partial charge in [-0.25, -0.2) is 0 Å². The smallest absolute Gasteiger partial charge is 0.119 e. The average Bonchev–Trinajstić information content (AvgIpc) is 2.72. The molecule has 0 heterocycles. The first-order valence-electron chi connectivity index (χ1n) is 9.37. The predicted octanol–water partition coefficient (Wildman–Crippen LogP) is 7.10. The molecule has 0 aliphatic rings. The summed E-state index contributed by atoms with van der Waals surface area (Å²) in [6.07, 6.45) is 0. The van der Waals surface area contributed by atoms with E-state index in [1.165, 1.54) is 27.5 Å². The average molecular weight is 432 g/mol. The number of fused-ring (bicyclic) bond motifs is 1. The van der Waals surface area contributed by atoms with Crippen molar-refractivity contribution in [3.63, 3.8) is 0 Å². The zero-order valence-corrected chi connectivity index (χ0v) is 17.4. The highest BCUT2D eigenvalue weighted by Crippen LogP contribution is 2.23. The number of rotatable bonds is 6. The van der Waals surface area contributed by atoms with Crippen molar-refractivity contribution in [2.75, 3.05) is 5.32 Å². The molecule has 0 bridgehead atoms. The lowest BCUT2D eigenvalue weighted by Gasteiger charge is -2.12. The first-order valence-corrected chi connectivity index (χ1v) is 10.2. The van der Waals surface area contributed by atoms with Crippen LogP contribution in [0, 0.1) is 6.92 Å². The van der Waals surface area contributed by atoms with Gasteiger partial charge in [0.1, 0.15) is 12.4 Å². The molecular weight excluding hydrogens is 410 g/mol. The molecule has 0 amide bonds. The van der Waals surface area contributed by atoms with Crippen LogP contribution < -0.4 is 10.1 Å². The van der Waals surface area contributed by atoms with Crippen LogP contribution in [0.25, 0.3) is 10.8 Å². The minimum Gasteiger partial charge on any atom is -0.489 e. The molecule has 0 unspecified atom stereocenters. The number of benzene rings is 4. The van der Waals surface area contributed by atoms with E-state index >= 15 is 0 Å². The van der Waals surface area contributed by atoms with Gasteiger partial charge in [-0.2, -0.15) is 0 Å². The van der Waals surface area contributed by atoms with Crippen LogP contribution in [0.2, 0.25) is 0 Å². The van der Waals surface area contributed by atoms with Crippen molar-refractivity contribution in [2.24, 2.45) is 0 Å². The van der Waals surface area contributed by atoms with E-state index in [-0.39, 0.29) is 0 Å². The maximum absolute atomic E-state index is 6.02. The Morgan fingerprint density at radius 1 is 0.857 bits per heavy atom. The van der Waals surface area contributed by atoms with Gasteiger partial charge in [0, 0.05) is 16.7 Å². The molecule has 28 heavy (non-hydrogen) atoms. The lowest BCUT2D eigenvalue weighted by molar-refractivity contribution is 0.307. The summed E-state index contributed by atoms with van der Waals surface area (Å²) in [5.41, 5.74) is 4.80. The van der Waals surface area contributed by atoms with Crippen molar-refractivity contribution in [3.05, 3.63) is 106 Å². The van der Waals surface area contributed by atoms with Crippen LogP contribution in [0.4, 0.5) is 5.69 Å². The van der Waals surface area contributed by atoms with E-state index < -0.39 is 0 Å². The van der Waals surface area contributed by atoms with E-state index in [1.54, 1.807) is 0 Å². The third kappa shape index (κ3) is 4.37. The number of hydrogen-bond donors (Lipinski definition) is 1. The minimum atomic E-state index is 0.567. The van der Waals surface area contributed by atoms with Gasteiger partial charge in [-0.3, -0.25) is 0 Å². The number of anilines is 1. The summed E-state index contributed by atoms with van der Waals surface area (Å²) in [6.45, 7) is 3.46. The summed E-state index contributed by atoms with van der Waals surface area (Å²) in [6, 6.07) is 29.3. The van der Waals surface area contributed by atoms with Crippen molar-refractivity contribution in [2.45, 2.75) is 20.1 Å². The number of aryl methyl sites for hydroxylation is 1. The van der Waals surface area contributed by atoms with E-state index in [4.69, 9.17) is 4.74 Å². The van der Waals surface area contributed by atoms with Gasteiger partial charge in [0.05, 0.1) is 0 Å². The third-order valence-electron chi connectivity index (χ3n) is 4.87. The summed E-state index contributed by atoms with van der Waals surface area (Å²) < 4.78 is 7.12. The first kappa shape index (κ1) is 18.6. The predicted molar refractivity (Wildman–Crippen MR) is 121 cm³/mol. The number of nitrogens with one attached hydrogen (secondary N) is 1. The molecule has 4 aromatic rings. The Labute approximate surface area is 174 Å². The van der Waals surface area contributed by atoms with Gasteiger partial charge in [0.15, 0.2) is 0 Å². The zero-order chi connectivity index (χ0) is 19.3. The third-order valence-corrected chi connectivity index (χ3v) is 5.36. The fourth-order valence-electron chi connectivity index (χ4n) is 3.31. The van der Waals surface area contributed by atoms with Crippen molar-refractivity contribution in [3.8, 4) is 5.75 Å². The molecule has 2 nitrogen and oxygen atoms in total. The quantitative estimate of drug-likeness (QED) is 0.351. The minimum absolute atomic E-state index is 0.567. The Bertz CT molecular complexity index is 1080. The van der Waals surface area contributed by atoms with Crippen molar-refractivity contribution in [1.82, 2.24) is 0 Å². The van der Waals surface area contributed by atoms with E-state index in [0.717, 1.165) is 22.5 Å². The first-order chi connectivity index (χ1) is 13.7. The molecule has 0 aliphatic heterocycles. The summed E-state index contributed by atoms with van der Waals surface area (Å²) in [5, 5.41) is 5.98. The lowest BCUT2D eigenvalue weighted by Crippen LogP contribution is -2.01. The van der Waals surface area contributed by atoms with E-state index in [2.05, 4.69) is 101 Å². The van der Waals surface area contributed by atoms with Crippen LogP contribution in [0.15, 0.2) is 89.4 Å². The van der Waals surface area contributed by atoms with E-state index in [1.807, 2.05) is 12.1 Å². The standard InChI is InChI=1S/C25H22BrNO/c1-18-15-22(26)11-14-25(18)27-16-19-9-12-23(13-10-19)28-17-21-7-4-6-20-5-2-3-8-24(20)21/h2-15,27H,16-17H2,1H3. The SMILES string of the molecule is Cc1cc(Br)ccc1NCc1ccc(OCc2cccc3ccccc23)cc1. The highest BCUT2D eigenvalue weighted by atomic mass is 79.9. The molecule has 0 fully saturated rings. The van der Waals surface area contributed by atoms with Crippen molar-refractivity contribution < 1.29 is 4.74 Å². The molecule has 4 rings (SSSR count). The number of hydrogen-bond acceptors (Lipinski definition) is 2. The van der Waals surface area contributed by atoms with Gasteiger partial charge in [-0.15, -0.1) is 0 Å². The molecule has 0 saturated carbocycles. The van der Waals surface area contributed by atoms with Crippen LogP contribution in [0.1, 0.15) is 16.7 Å². The maximum Gasteiger partial charge on any atom is 0.119 e. The molecule has 140 valence electrons. The largest absolute Gasteiger partial charge is 0.489 e. The van der Waals surface area contributed by atoms with Crippen molar-refractivity contribution >= 4 is 32.4 Å². The Balaban J connectivity index is 1.38. The Morgan fingerprint density at radius 3 is 2.46 bits per heavy atom. The highest BCUT2D eigenvalue weighted by molar-refractivity contribution is 9.10. The zero-order valence-electron chi connectivity index (χ0n) is 15.8. The summed E-state index contributed by atoms with van der Waals surface area (Å²) in [5.74, 6) is 0.886. The highest BCUT2D eigenvalue weighted by Gasteiger charge is 2.03. The molecule has 3 heteroatoms. The molecule has 0 aromatic heterocycles. The van der Waals surface area contributed by atoms with E-state index in [9.17, 15) is 0 Å². The molecule has 4 aromatic carbocycles. The molecule has 0 radical (unpaired) electrons. The normalized spacial score (nSPS) is 10.8. The topological polar surface area (TPSA) is 21.3 Å². The van der Waals surface area contributed by atoms with Gasteiger partial charge < -0.3 is 10.1 Å². The lowest BCUT2D eigenvalue weighted by atomic mass is 10.1. The Kier molecular flexibility index (Phi) is 5.63. The van der Waals surface area contributed by atoms with Crippen molar-refractivity contribution in [1.29, 1.82) is 0 Å². The second kappa shape index (κ2) is 8.49. The van der Waals surface area contributed by atoms with Crippen LogP contribution in [0.5, 0.6) is 5.75 Å². The van der Waals surface area contributed by atoms with Gasteiger partial charge in [-0.05, 0) is 64.7 Å². The summed E-state index contributed by atoms with van der Waals surface area (Å²) >= 11 is 3.50. The maximum atomic E-state index is 6.02. The molecule has 0 aliphatic carbocycles. The second-order valence-corrected chi connectivity index (χ2v) is 7.80. The monoisotopic (exact) mass is 431 g/mol. The van der Waals surface area contributed by atoms with Gasteiger partial charge in [0.2, 0.25) is 0 Å². The van der Waals surface area contributed by atoms with Gasteiger partial charge in [0.25, 0.3) is 0 Å². The fourth-order valence-corrected chi connectivity index (χ4v) is 3.78. The molecular formula is C25H22BrNO. The number of ether oxygens (including phenoxy) is 1. The van der Waals surface area contributed by atoms with Gasteiger partial charge >= 0.3 is 0 Å². The second-order valence-electron chi connectivity index (χ2n) is 6.88. The molecule has 0 spiro atoms. The Morgan fingerprint density at radius 2 is 1.64 bits per heavy atom. The van der Waals surface area contributed by atoms with E-state index in [0.29, 0.717) is 6.61 Å². The van der Waals surface area contributed by atoms with Crippen LogP contribution in [-0.4, -0.2) is 0 Å². The van der Waals surface area contributed by atoms with Crippen LogP contribution in [0.3, 0.4) is 0 Å². The fraction of sp³-hybridized carbons (Fsp3) is 0.120. The van der Waals surface area contributed by atoms with Gasteiger partial charge in [-0.1, -0.05) is 70.5 Å². The Hall–Kier alpha value is -2.78. The number of halogens is 1. The summed E-state index contributed by atoms with van der Waals surface area (Å²) in [7, 11) is 0. The van der Waals surface area contributed by atoms with Crippen LogP contribution >= 0.6 is 15.9 Å². The van der Waals surface area contributed by atoms with Crippen LogP contribution in [-0.2, 0) is 13.2 Å². The summed E-state index contributed by atoms with van der Waals surface area (Å²) in [4.78, 5) is 0.